The normalized spacial score (nSPS) is 13.6. The Morgan fingerprint density at radius 3 is 2.69 bits per heavy atom. The van der Waals surface area contributed by atoms with Crippen molar-refractivity contribution in [2.45, 2.75) is 31.8 Å². The number of ether oxygens (including phenoxy) is 1. The summed E-state index contributed by atoms with van der Waals surface area (Å²) in [5.74, 6) is 0.322. The summed E-state index contributed by atoms with van der Waals surface area (Å²) in [6, 6.07) is 16.3. The molecule has 5 nitrogen and oxygen atoms in total. The van der Waals surface area contributed by atoms with E-state index >= 15 is 0 Å². The first-order valence-corrected chi connectivity index (χ1v) is 10.6. The van der Waals surface area contributed by atoms with E-state index < -0.39 is 12.3 Å². The maximum atomic E-state index is 13.2. The highest BCUT2D eigenvalue weighted by Crippen LogP contribution is 2.41. The second-order valence-corrected chi connectivity index (χ2v) is 8.14. The van der Waals surface area contributed by atoms with E-state index in [0.29, 0.717) is 27.9 Å². The standard InChI is InChI=1S/C24H18ClF2N3O2/c25-18-3-1-2-4-20(18)30-21-13-16(15-5-6-15)7-8-17(21)19(29-24(30)31)11-14-9-10-28-22(12-14)32-23(26)27/h1-4,7-10,12-13,15,23H,5-6,11H2. The van der Waals surface area contributed by atoms with Gasteiger partial charge in [0, 0.05) is 24.1 Å². The van der Waals surface area contributed by atoms with Crippen LogP contribution in [-0.4, -0.2) is 21.1 Å². The van der Waals surface area contributed by atoms with Gasteiger partial charge in [-0.05, 0) is 54.2 Å². The molecule has 2 aromatic carbocycles. The van der Waals surface area contributed by atoms with Gasteiger partial charge < -0.3 is 4.74 Å². The van der Waals surface area contributed by atoms with Gasteiger partial charge in [0.15, 0.2) is 0 Å². The number of benzene rings is 2. The van der Waals surface area contributed by atoms with Gasteiger partial charge in [-0.1, -0.05) is 35.9 Å². The van der Waals surface area contributed by atoms with Crippen LogP contribution < -0.4 is 10.4 Å². The van der Waals surface area contributed by atoms with Crippen LogP contribution in [0.15, 0.2) is 65.6 Å². The average Bonchev–Trinajstić information content (AvgIpc) is 3.60. The van der Waals surface area contributed by atoms with Gasteiger partial charge in [-0.3, -0.25) is 4.57 Å². The second-order valence-electron chi connectivity index (χ2n) is 7.74. The summed E-state index contributed by atoms with van der Waals surface area (Å²) >= 11 is 6.40. The minimum atomic E-state index is -2.96. The topological polar surface area (TPSA) is 57.0 Å². The zero-order chi connectivity index (χ0) is 22.2. The molecule has 2 aromatic heterocycles. The molecule has 0 atom stereocenters. The van der Waals surface area contributed by atoms with Gasteiger partial charge in [-0.2, -0.15) is 13.8 Å². The first kappa shape index (κ1) is 20.6. The van der Waals surface area contributed by atoms with Crippen LogP contribution in [0.25, 0.3) is 16.6 Å². The fraction of sp³-hybridized carbons (Fsp3) is 0.208. The number of alkyl halides is 2. The van der Waals surface area contributed by atoms with Crippen LogP contribution in [0.2, 0.25) is 5.02 Å². The lowest BCUT2D eigenvalue weighted by atomic mass is 10.0. The molecule has 5 rings (SSSR count). The predicted molar refractivity (Wildman–Crippen MR) is 118 cm³/mol. The Morgan fingerprint density at radius 2 is 1.94 bits per heavy atom. The monoisotopic (exact) mass is 453 g/mol. The minimum Gasteiger partial charge on any atom is -0.417 e. The molecule has 0 unspecified atom stereocenters. The Labute approximate surface area is 187 Å². The number of aromatic nitrogens is 3. The predicted octanol–water partition coefficient (Wildman–Crippen LogP) is 5.50. The molecule has 8 heteroatoms. The molecule has 1 saturated carbocycles. The second kappa shape index (κ2) is 8.31. The highest BCUT2D eigenvalue weighted by molar-refractivity contribution is 6.32. The molecule has 0 radical (unpaired) electrons. The van der Waals surface area contributed by atoms with Gasteiger partial charge in [0.1, 0.15) is 0 Å². The molecule has 1 fully saturated rings. The molecule has 32 heavy (non-hydrogen) atoms. The number of halogens is 3. The third kappa shape index (κ3) is 4.08. The van der Waals surface area contributed by atoms with E-state index in [4.69, 9.17) is 11.6 Å². The Balaban J connectivity index is 1.66. The molecule has 0 amide bonds. The number of nitrogens with zero attached hydrogens (tertiary/aromatic N) is 3. The van der Waals surface area contributed by atoms with Gasteiger partial charge in [-0.25, -0.2) is 9.78 Å². The van der Waals surface area contributed by atoms with E-state index in [1.165, 1.54) is 22.4 Å². The van der Waals surface area contributed by atoms with Crippen LogP contribution in [0.4, 0.5) is 8.78 Å². The molecule has 0 bridgehead atoms. The molecule has 2 heterocycles. The van der Waals surface area contributed by atoms with Crippen molar-refractivity contribution >= 4 is 22.5 Å². The Morgan fingerprint density at radius 1 is 1.12 bits per heavy atom. The first-order chi connectivity index (χ1) is 15.5. The number of rotatable bonds is 6. The van der Waals surface area contributed by atoms with Crippen molar-refractivity contribution in [3.8, 4) is 11.6 Å². The summed E-state index contributed by atoms with van der Waals surface area (Å²) in [7, 11) is 0. The Hall–Kier alpha value is -3.32. The van der Waals surface area contributed by atoms with Crippen molar-refractivity contribution in [3.05, 3.63) is 93.1 Å². The zero-order valence-corrected chi connectivity index (χ0v) is 17.6. The minimum absolute atomic E-state index is 0.178. The van der Waals surface area contributed by atoms with E-state index in [1.807, 2.05) is 18.2 Å². The number of pyridine rings is 1. The molecular formula is C24H18ClF2N3O2. The molecule has 162 valence electrons. The zero-order valence-electron chi connectivity index (χ0n) is 16.8. The molecular weight excluding hydrogens is 436 g/mol. The molecule has 0 saturated heterocycles. The summed E-state index contributed by atoms with van der Waals surface area (Å²) in [5, 5.41) is 1.24. The summed E-state index contributed by atoms with van der Waals surface area (Å²) in [5.41, 5.74) is 3.21. The van der Waals surface area contributed by atoms with Crippen LogP contribution in [0.1, 0.15) is 35.6 Å². The summed E-state index contributed by atoms with van der Waals surface area (Å²) < 4.78 is 31.0. The van der Waals surface area contributed by atoms with E-state index in [0.717, 1.165) is 23.7 Å². The third-order valence-corrected chi connectivity index (χ3v) is 5.84. The number of hydrogen-bond acceptors (Lipinski definition) is 4. The van der Waals surface area contributed by atoms with E-state index in [-0.39, 0.29) is 12.3 Å². The number of para-hydroxylation sites is 1. The number of fused-ring (bicyclic) bond motifs is 1. The summed E-state index contributed by atoms with van der Waals surface area (Å²) in [4.78, 5) is 21.3. The van der Waals surface area contributed by atoms with Crippen LogP contribution in [0, 0.1) is 0 Å². The summed E-state index contributed by atoms with van der Waals surface area (Å²) in [6.45, 7) is -2.96. The number of hydrogen-bond donors (Lipinski definition) is 0. The van der Waals surface area contributed by atoms with Crippen LogP contribution in [0.5, 0.6) is 5.88 Å². The lowest BCUT2D eigenvalue weighted by Gasteiger charge is -2.15. The van der Waals surface area contributed by atoms with Crippen molar-refractivity contribution in [3.63, 3.8) is 0 Å². The van der Waals surface area contributed by atoms with E-state index in [2.05, 4.69) is 20.8 Å². The van der Waals surface area contributed by atoms with Crippen molar-refractivity contribution in [1.82, 2.24) is 14.5 Å². The average molecular weight is 454 g/mol. The van der Waals surface area contributed by atoms with Crippen molar-refractivity contribution in [2.75, 3.05) is 0 Å². The Bertz CT molecular complexity index is 1370. The smallest absolute Gasteiger partial charge is 0.388 e. The van der Waals surface area contributed by atoms with Crippen molar-refractivity contribution < 1.29 is 13.5 Å². The molecule has 1 aliphatic rings. The molecule has 0 aliphatic heterocycles. The van der Waals surface area contributed by atoms with Gasteiger partial charge >= 0.3 is 12.3 Å². The van der Waals surface area contributed by atoms with Crippen molar-refractivity contribution in [2.24, 2.45) is 0 Å². The highest BCUT2D eigenvalue weighted by Gasteiger charge is 2.25. The third-order valence-electron chi connectivity index (χ3n) is 5.52. The SMILES string of the molecule is O=c1nc(Cc2ccnc(OC(F)F)c2)c2ccc(C3CC3)cc2n1-c1ccccc1Cl. The van der Waals surface area contributed by atoms with Gasteiger partial charge in [-0.15, -0.1) is 0 Å². The van der Waals surface area contributed by atoms with Gasteiger partial charge in [0.2, 0.25) is 5.88 Å². The van der Waals surface area contributed by atoms with Gasteiger partial charge in [0.05, 0.1) is 21.9 Å². The molecule has 4 aromatic rings. The summed E-state index contributed by atoms with van der Waals surface area (Å²) in [6.07, 6.45) is 3.92. The molecule has 1 aliphatic carbocycles. The highest BCUT2D eigenvalue weighted by atomic mass is 35.5. The van der Waals surface area contributed by atoms with E-state index in [1.54, 1.807) is 24.3 Å². The van der Waals surface area contributed by atoms with Crippen LogP contribution in [-0.2, 0) is 6.42 Å². The fourth-order valence-corrected chi connectivity index (χ4v) is 4.11. The van der Waals surface area contributed by atoms with Gasteiger partial charge in [0.25, 0.3) is 0 Å². The maximum Gasteiger partial charge on any atom is 0.388 e. The molecule has 0 spiro atoms. The van der Waals surface area contributed by atoms with Crippen LogP contribution in [0.3, 0.4) is 0 Å². The Kier molecular flexibility index (Phi) is 5.35. The largest absolute Gasteiger partial charge is 0.417 e. The lowest BCUT2D eigenvalue weighted by molar-refractivity contribution is -0.0528. The quantitative estimate of drug-likeness (QED) is 0.386. The van der Waals surface area contributed by atoms with Crippen molar-refractivity contribution in [1.29, 1.82) is 0 Å². The fourth-order valence-electron chi connectivity index (χ4n) is 3.89. The lowest BCUT2D eigenvalue weighted by Crippen LogP contribution is -2.24. The molecule has 0 N–H and O–H groups in total. The first-order valence-electron chi connectivity index (χ1n) is 10.2. The maximum absolute atomic E-state index is 13.2. The van der Waals surface area contributed by atoms with E-state index in [9.17, 15) is 13.6 Å². The van der Waals surface area contributed by atoms with Crippen LogP contribution >= 0.6 is 11.6 Å².